The summed E-state index contributed by atoms with van der Waals surface area (Å²) in [7, 11) is -0.776. The second-order valence-electron chi connectivity index (χ2n) is 2.28. The van der Waals surface area contributed by atoms with E-state index in [1.54, 1.807) is 5.41 Å². The van der Waals surface area contributed by atoms with Gasteiger partial charge in [0.2, 0.25) is 0 Å². The minimum atomic E-state index is -0.776. The normalized spacial score (nSPS) is 29.4. The maximum atomic E-state index is 10.9. The van der Waals surface area contributed by atoms with Gasteiger partial charge in [0, 0.05) is 22.9 Å². The molecule has 4 heteroatoms. The lowest BCUT2D eigenvalue weighted by molar-refractivity contribution is 0.690. The average molecular weight is 156 g/mol. The second kappa shape index (κ2) is 2.12. The molecule has 0 fully saturated rings. The van der Waals surface area contributed by atoms with Crippen LogP contribution in [0.1, 0.15) is 0 Å². The molecule has 0 aromatic rings. The van der Waals surface area contributed by atoms with Crippen molar-refractivity contribution in [2.45, 2.75) is 0 Å². The monoisotopic (exact) mass is 156 g/mol. The average Bonchev–Trinajstić information content (AvgIpc) is 2.27. The molecular formula is C6H8N2OS. The number of hydrogen-bond donors (Lipinski definition) is 2. The zero-order chi connectivity index (χ0) is 6.97. The number of allylic oxidation sites excluding steroid dienone is 1. The molecule has 0 saturated heterocycles. The van der Waals surface area contributed by atoms with Crippen LogP contribution < -0.4 is 10.6 Å². The van der Waals surface area contributed by atoms with E-state index in [9.17, 15) is 4.21 Å². The predicted molar refractivity (Wildman–Crippen MR) is 40.3 cm³/mol. The van der Waals surface area contributed by atoms with Crippen molar-refractivity contribution in [2.24, 2.45) is 0 Å². The van der Waals surface area contributed by atoms with Gasteiger partial charge in [-0.3, -0.25) is 4.21 Å². The first kappa shape index (κ1) is 5.97. The summed E-state index contributed by atoms with van der Waals surface area (Å²) in [6, 6.07) is 0. The summed E-state index contributed by atoms with van der Waals surface area (Å²) in [5.41, 5.74) is 2.17. The van der Waals surface area contributed by atoms with Gasteiger partial charge in [-0.25, -0.2) is 0 Å². The van der Waals surface area contributed by atoms with Crippen LogP contribution in [-0.2, 0) is 10.8 Å². The van der Waals surface area contributed by atoms with Gasteiger partial charge >= 0.3 is 0 Å². The van der Waals surface area contributed by atoms with E-state index in [4.69, 9.17) is 0 Å². The molecule has 2 aliphatic heterocycles. The molecule has 0 saturated carbocycles. The number of hydrogen-bond acceptors (Lipinski definition) is 3. The molecule has 0 bridgehead atoms. The Labute approximate surface area is 61.6 Å². The summed E-state index contributed by atoms with van der Waals surface area (Å²) in [5, 5.41) is 7.90. The first-order valence-electron chi connectivity index (χ1n) is 3.12. The molecule has 2 aliphatic rings. The van der Waals surface area contributed by atoms with Crippen molar-refractivity contribution >= 4 is 10.8 Å². The Morgan fingerprint density at radius 3 is 3.30 bits per heavy atom. The Morgan fingerprint density at radius 2 is 2.50 bits per heavy atom. The van der Waals surface area contributed by atoms with E-state index in [1.807, 2.05) is 6.20 Å². The standard InChI is InChI=1S/C6H8N2OS/c9-10-2-5-1-7-4-8-6(5)3-10/h1,3,7-8H,2,4H2. The predicted octanol–water partition coefficient (Wildman–Crippen LogP) is -0.376. The Hall–Kier alpha value is -0.770. The highest BCUT2D eigenvalue weighted by Crippen LogP contribution is 2.18. The van der Waals surface area contributed by atoms with Gasteiger partial charge in [0.15, 0.2) is 0 Å². The summed E-state index contributed by atoms with van der Waals surface area (Å²) >= 11 is 0. The van der Waals surface area contributed by atoms with Gasteiger partial charge in [0.25, 0.3) is 0 Å². The van der Waals surface area contributed by atoms with Crippen molar-refractivity contribution < 1.29 is 4.21 Å². The van der Waals surface area contributed by atoms with E-state index in [-0.39, 0.29) is 0 Å². The highest BCUT2D eigenvalue weighted by molar-refractivity contribution is 7.88. The fourth-order valence-electron chi connectivity index (χ4n) is 1.07. The van der Waals surface area contributed by atoms with Crippen LogP contribution in [0.5, 0.6) is 0 Å². The largest absolute Gasteiger partial charge is 0.374 e. The van der Waals surface area contributed by atoms with Gasteiger partial charge in [-0.1, -0.05) is 0 Å². The van der Waals surface area contributed by atoms with Crippen LogP contribution >= 0.6 is 0 Å². The first-order valence-corrected chi connectivity index (χ1v) is 4.50. The topological polar surface area (TPSA) is 41.1 Å². The van der Waals surface area contributed by atoms with Gasteiger partial charge < -0.3 is 10.6 Å². The van der Waals surface area contributed by atoms with Gasteiger partial charge in [0.05, 0.1) is 23.2 Å². The molecule has 3 nitrogen and oxygen atoms in total. The minimum absolute atomic E-state index is 0.662. The molecule has 0 aromatic heterocycles. The molecular weight excluding hydrogens is 148 g/mol. The fourth-order valence-corrected chi connectivity index (χ4v) is 2.20. The van der Waals surface area contributed by atoms with Crippen LogP contribution in [0.2, 0.25) is 0 Å². The van der Waals surface area contributed by atoms with Crippen LogP contribution in [0.25, 0.3) is 0 Å². The quantitative estimate of drug-likeness (QED) is 0.502. The molecule has 0 spiro atoms. The van der Waals surface area contributed by atoms with Crippen molar-refractivity contribution in [3.63, 3.8) is 0 Å². The van der Waals surface area contributed by atoms with E-state index >= 15 is 0 Å². The van der Waals surface area contributed by atoms with Crippen LogP contribution in [0.4, 0.5) is 0 Å². The van der Waals surface area contributed by atoms with Crippen LogP contribution in [-0.4, -0.2) is 16.6 Å². The molecule has 1 unspecified atom stereocenters. The lowest BCUT2D eigenvalue weighted by Gasteiger charge is -2.14. The first-order chi connectivity index (χ1) is 4.86. The summed E-state index contributed by atoms with van der Waals surface area (Å²) in [5.74, 6) is 0.662. The van der Waals surface area contributed by atoms with Crippen LogP contribution in [0.3, 0.4) is 0 Å². The lowest BCUT2D eigenvalue weighted by atomic mass is 10.2. The maximum absolute atomic E-state index is 10.9. The highest BCUT2D eigenvalue weighted by atomic mass is 32.2. The molecule has 10 heavy (non-hydrogen) atoms. The molecule has 2 rings (SSSR count). The van der Waals surface area contributed by atoms with Crippen molar-refractivity contribution in [2.75, 3.05) is 12.4 Å². The van der Waals surface area contributed by atoms with Crippen molar-refractivity contribution in [3.05, 3.63) is 22.9 Å². The van der Waals surface area contributed by atoms with E-state index < -0.39 is 10.8 Å². The summed E-state index contributed by atoms with van der Waals surface area (Å²) in [6.07, 6.45) is 1.92. The fraction of sp³-hybridized carbons (Fsp3) is 0.333. The number of fused-ring (bicyclic) bond motifs is 1. The van der Waals surface area contributed by atoms with Gasteiger partial charge in [-0.05, 0) is 0 Å². The number of nitrogens with one attached hydrogen (secondary N) is 2. The van der Waals surface area contributed by atoms with E-state index in [0.29, 0.717) is 5.75 Å². The molecule has 1 atom stereocenters. The van der Waals surface area contributed by atoms with Crippen molar-refractivity contribution in [3.8, 4) is 0 Å². The third kappa shape index (κ3) is 0.844. The molecule has 0 amide bonds. The summed E-state index contributed by atoms with van der Waals surface area (Å²) in [6.45, 7) is 0.743. The second-order valence-corrected chi connectivity index (χ2v) is 3.57. The highest BCUT2D eigenvalue weighted by Gasteiger charge is 2.18. The molecule has 0 aromatic carbocycles. The molecule has 0 radical (unpaired) electrons. The van der Waals surface area contributed by atoms with Crippen molar-refractivity contribution in [1.29, 1.82) is 0 Å². The van der Waals surface area contributed by atoms with Crippen molar-refractivity contribution in [1.82, 2.24) is 10.6 Å². The molecule has 2 N–H and O–H groups in total. The zero-order valence-corrected chi connectivity index (χ0v) is 6.20. The van der Waals surface area contributed by atoms with Gasteiger partial charge in [-0.15, -0.1) is 0 Å². The zero-order valence-electron chi connectivity index (χ0n) is 5.39. The Bertz CT molecular complexity index is 244. The smallest absolute Gasteiger partial charge is 0.0845 e. The van der Waals surface area contributed by atoms with E-state index in [2.05, 4.69) is 10.6 Å². The third-order valence-corrected chi connectivity index (χ3v) is 2.64. The van der Waals surface area contributed by atoms with Gasteiger partial charge in [0.1, 0.15) is 0 Å². The van der Waals surface area contributed by atoms with Gasteiger partial charge in [-0.2, -0.15) is 0 Å². The van der Waals surface area contributed by atoms with E-state index in [1.165, 1.54) is 0 Å². The minimum Gasteiger partial charge on any atom is -0.374 e. The number of rotatable bonds is 0. The molecule has 2 heterocycles. The maximum Gasteiger partial charge on any atom is 0.0845 e. The van der Waals surface area contributed by atoms with Crippen LogP contribution in [0.15, 0.2) is 22.9 Å². The molecule has 0 aliphatic carbocycles. The SMILES string of the molecule is O=S1C=C2NCNC=C2C1. The van der Waals surface area contributed by atoms with Crippen LogP contribution in [0, 0.1) is 0 Å². The lowest BCUT2D eigenvalue weighted by Crippen LogP contribution is -2.30. The summed E-state index contributed by atoms with van der Waals surface area (Å²) in [4.78, 5) is 0. The molecule has 54 valence electrons. The Kier molecular flexibility index (Phi) is 1.27. The Balaban J connectivity index is 2.35. The summed E-state index contributed by atoms with van der Waals surface area (Å²) < 4.78 is 10.9. The third-order valence-electron chi connectivity index (χ3n) is 1.55. The Morgan fingerprint density at radius 1 is 1.60 bits per heavy atom. The van der Waals surface area contributed by atoms with E-state index in [0.717, 1.165) is 17.9 Å².